The van der Waals surface area contributed by atoms with Gasteiger partial charge < -0.3 is 14.2 Å². The van der Waals surface area contributed by atoms with Gasteiger partial charge in [0.2, 0.25) is 5.88 Å². The summed E-state index contributed by atoms with van der Waals surface area (Å²) in [5.41, 5.74) is 1.95. The molecule has 2 aromatic heterocycles. The van der Waals surface area contributed by atoms with Crippen molar-refractivity contribution >= 4 is 22.4 Å². The van der Waals surface area contributed by atoms with E-state index in [0.29, 0.717) is 35.4 Å². The number of benzene rings is 2. The predicted molar refractivity (Wildman–Crippen MR) is 117 cm³/mol. The minimum absolute atomic E-state index is 0.231. The summed E-state index contributed by atoms with van der Waals surface area (Å²) < 4.78 is 17.0. The summed E-state index contributed by atoms with van der Waals surface area (Å²) in [5.74, 6) is 1.91. The Bertz CT molecular complexity index is 1230. The Morgan fingerprint density at radius 2 is 1.84 bits per heavy atom. The average molecular weight is 431 g/mol. The monoisotopic (exact) mass is 431 g/mol. The van der Waals surface area contributed by atoms with E-state index in [0.717, 1.165) is 17.0 Å². The van der Waals surface area contributed by atoms with Gasteiger partial charge in [0.1, 0.15) is 24.5 Å². The lowest BCUT2D eigenvalue weighted by Gasteiger charge is -2.18. The van der Waals surface area contributed by atoms with E-state index in [1.807, 2.05) is 41.8 Å². The summed E-state index contributed by atoms with van der Waals surface area (Å²) in [6, 6.07) is 18.2. The first-order chi connectivity index (χ1) is 15.3. The molecule has 7 nitrogen and oxygen atoms in total. The topological polar surface area (TPSA) is 82.6 Å². The van der Waals surface area contributed by atoms with E-state index in [2.05, 4.69) is 15.3 Å². The second kappa shape index (κ2) is 8.45. The number of carbonyl (C=O) groups excluding carboxylic acids is 1. The fraction of sp³-hybridized carbons (Fsp3) is 0.0870. The lowest BCUT2D eigenvalue weighted by Crippen LogP contribution is -2.15. The molecule has 0 bridgehead atoms. The molecule has 8 heteroatoms. The molecule has 4 aromatic rings. The summed E-state index contributed by atoms with van der Waals surface area (Å²) in [5, 5.41) is 5.19. The summed E-state index contributed by atoms with van der Waals surface area (Å²) in [6.07, 6.45) is 1.58. The van der Waals surface area contributed by atoms with Gasteiger partial charge in [0.25, 0.3) is 5.91 Å². The van der Waals surface area contributed by atoms with Crippen LogP contribution < -0.4 is 19.5 Å². The van der Waals surface area contributed by atoms with Crippen molar-refractivity contribution in [3.63, 3.8) is 0 Å². The van der Waals surface area contributed by atoms with Crippen LogP contribution in [0.2, 0.25) is 0 Å². The molecule has 0 fully saturated rings. The molecule has 31 heavy (non-hydrogen) atoms. The van der Waals surface area contributed by atoms with E-state index in [1.54, 1.807) is 30.5 Å². The maximum absolute atomic E-state index is 12.9. The highest BCUT2D eigenvalue weighted by atomic mass is 32.1. The molecule has 0 saturated carbocycles. The second-order valence-corrected chi connectivity index (χ2v) is 7.48. The maximum Gasteiger partial charge on any atom is 0.262 e. The average Bonchev–Trinajstić information content (AvgIpc) is 3.28. The van der Waals surface area contributed by atoms with Crippen molar-refractivity contribution in [1.29, 1.82) is 0 Å². The fourth-order valence-electron chi connectivity index (χ4n) is 3.08. The molecule has 0 saturated heterocycles. The zero-order valence-corrected chi connectivity index (χ0v) is 17.1. The zero-order valence-electron chi connectivity index (χ0n) is 16.3. The highest BCUT2D eigenvalue weighted by molar-refractivity contribution is 7.14. The Balaban J connectivity index is 1.34. The molecule has 5 rings (SSSR count). The number of rotatable bonds is 5. The quantitative estimate of drug-likeness (QED) is 0.478. The van der Waals surface area contributed by atoms with Crippen molar-refractivity contribution in [1.82, 2.24) is 9.97 Å². The van der Waals surface area contributed by atoms with Crippen molar-refractivity contribution in [2.75, 3.05) is 18.5 Å². The molecule has 0 atom stereocenters. The van der Waals surface area contributed by atoms with E-state index >= 15 is 0 Å². The second-order valence-electron chi connectivity index (χ2n) is 6.62. The number of aromatic nitrogens is 2. The van der Waals surface area contributed by atoms with Gasteiger partial charge in [-0.3, -0.25) is 10.1 Å². The van der Waals surface area contributed by atoms with Gasteiger partial charge in [-0.1, -0.05) is 18.2 Å². The van der Waals surface area contributed by atoms with Crippen LogP contribution >= 0.6 is 11.3 Å². The van der Waals surface area contributed by atoms with Crippen molar-refractivity contribution in [3.05, 3.63) is 77.8 Å². The zero-order chi connectivity index (χ0) is 21.0. The number of nitrogens with zero attached hydrogens (tertiary/aromatic N) is 2. The van der Waals surface area contributed by atoms with Crippen molar-refractivity contribution in [2.45, 2.75) is 0 Å². The minimum Gasteiger partial charge on any atom is -0.486 e. The number of amides is 1. The highest BCUT2D eigenvalue weighted by Gasteiger charge is 2.17. The van der Waals surface area contributed by atoms with E-state index in [1.165, 1.54) is 11.3 Å². The normalized spacial score (nSPS) is 12.3. The molecule has 2 aromatic carbocycles. The van der Waals surface area contributed by atoms with Crippen molar-refractivity contribution in [3.8, 4) is 34.4 Å². The molecule has 0 radical (unpaired) electrons. The van der Waals surface area contributed by atoms with Gasteiger partial charge in [0.15, 0.2) is 16.6 Å². The SMILES string of the molecule is O=C(Nc1nc(-c2ccc3c(c2)OCCO3)cs1)c1cccnc1Oc1ccccc1. The van der Waals surface area contributed by atoms with Crippen LogP contribution in [0.5, 0.6) is 23.1 Å². The third-order valence-corrected chi connectivity index (χ3v) is 5.29. The van der Waals surface area contributed by atoms with Crippen LogP contribution in [0.15, 0.2) is 72.2 Å². The number of pyridine rings is 1. The Labute approximate surface area is 182 Å². The molecular formula is C23H17N3O4S. The molecule has 1 amide bonds. The van der Waals surface area contributed by atoms with Crippen molar-refractivity contribution in [2.24, 2.45) is 0 Å². The number of thiazole rings is 1. The van der Waals surface area contributed by atoms with E-state index in [4.69, 9.17) is 14.2 Å². The smallest absolute Gasteiger partial charge is 0.262 e. The largest absolute Gasteiger partial charge is 0.486 e. The van der Waals surface area contributed by atoms with Gasteiger partial charge >= 0.3 is 0 Å². The number of hydrogen-bond acceptors (Lipinski definition) is 7. The lowest BCUT2D eigenvalue weighted by molar-refractivity contribution is 0.102. The van der Waals surface area contributed by atoms with Gasteiger partial charge in [-0.2, -0.15) is 0 Å². The first-order valence-corrected chi connectivity index (χ1v) is 10.5. The number of carbonyl (C=O) groups is 1. The number of nitrogens with one attached hydrogen (secondary N) is 1. The molecule has 1 N–H and O–H groups in total. The van der Waals surface area contributed by atoms with Crippen LogP contribution in [0.4, 0.5) is 5.13 Å². The Hall–Kier alpha value is -3.91. The van der Waals surface area contributed by atoms with Crippen LogP contribution in [-0.2, 0) is 0 Å². The molecule has 1 aliphatic heterocycles. The molecule has 3 heterocycles. The van der Waals surface area contributed by atoms with Gasteiger partial charge in [-0.15, -0.1) is 11.3 Å². The lowest BCUT2D eigenvalue weighted by atomic mass is 10.1. The van der Waals surface area contributed by atoms with Crippen LogP contribution in [0, 0.1) is 0 Å². The first kappa shape index (κ1) is 19.1. The Morgan fingerprint density at radius 1 is 1.00 bits per heavy atom. The Kier molecular flexibility index (Phi) is 5.20. The first-order valence-electron chi connectivity index (χ1n) is 9.61. The molecule has 1 aliphatic rings. The standard InChI is InChI=1S/C23H17N3O4S/c27-21(17-7-4-10-24-22(17)30-16-5-2-1-3-6-16)26-23-25-18(14-31-23)15-8-9-19-20(13-15)29-12-11-28-19/h1-10,13-14H,11-12H2,(H,25,26,27). The molecule has 0 aliphatic carbocycles. The number of ether oxygens (including phenoxy) is 3. The number of anilines is 1. The van der Waals surface area contributed by atoms with Gasteiger partial charge in [0.05, 0.1) is 5.69 Å². The van der Waals surface area contributed by atoms with Gasteiger partial charge in [0, 0.05) is 17.1 Å². The van der Waals surface area contributed by atoms with Crippen LogP contribution in [0.1, 0.15) is 10.4 Å². The van der Waals surface area contributed by atoms with Gasteiger partial charge in [-0.25, -0.2) is 9.97 Å². The van der Waals surface area contributed by atoms with E-state index < -0.39 is 0 Å². The van der Waals surface area contributed by atoms with Gasteiger partial charge in [-0.05, 0) is 42.5 Å². The summed E-state index contributed by atoms with van der Waals surface area (Å²) in [6.45, 7) is 1.07. The summed E-state index contributed by atoms with van der Waals surface area (Å²) in [4.78, 5) is 21.6. The number of hydrogen-bond donors (Lipinski definition) is 1. The van der Waals surface area contributed by atoms with Crippen LogP contribution in [0.3, 0.4) is 0 Å². The molecule has 154 valence electrons. The number of para-hydroxylation sites is 1. The minimum atomic E-state index is -0.345. The summed E-state index contributed by atoms with van der Waals surface area (Å²) >= 11 is 1.34. The molecule has 0 unspecified atom stereocenters. The third-order valence-electron chi connectivity index (χ3n) is 4.54. The van der Waals surface area contributed by atoms with Crippen LogP contribution in [-0.4, -0.2) is 29.1 Å². The van der Waals surface area contributed by atoms with Crippen molar-refractivity contribution < 1.29 is 19.0 Å². The maximum atomic E-state index is 12.9. The predicted octanol–water partition coefficient (Wildman–Crippen LogP) is 5.02. The Morgan fingerprint density at radius 3 is 2.71 bits per heavy atom. The number of fused-ring (bicyclic) bond motifs is 1. The molecular weight excluding hydrogens is 414 g/mol. The fourth-order valence-corrected chi connectivity index (χ4v) is 3.79. The third kappa shape index (κ3) is 4.19. The molecule has 0 spiro atoms. The van der Waals surface area contributed by atoms with E-state index in [9.17, 15) is 4.79 Å². The van der Waals surface area contributed by atoms with E-state index in [-0.39, 0.29) is 11.8 Å². The highest BCUT2D eigenvalue weighted by Crippen LogP contribution is 2.35. The van der Waals surface area contributed by atoms with Crippen LogP contribution in [0.25, 0.3) is 11.3 Å². The summed E-state index contributed by atoms with van der Waals surface area (Å²) in [7, 11) is 0.